The Labute approximate surface area is 105 Å². The summed E-state index contributed by atoms with van der Waals surface area (Å²) in [5, 5.41) is 30.0. The van der Waals surface area contributed by atoms with Crippen molar-refractivity contribution in [2.24, 2.45) is 0 Å². The summed E-state index contributed by atoms with van der Waals surface area (Å²) >= 11 is 0. The fourth-order valence-electron chi connectivity index (χ4n) is 1.45. The first kappa shape index (κ1) is 14.6. The predicted octanol–water partition coefficient (Wildman–Crippen LogP) is -1.46. The molecule has 1 fully saturated rings. The van der Waals surface area contributed by atoms with E-state index in [4.69, 9.17) is 4.74 Å². The second-order valence-corrected chi connectivity index (χ2v) is 3.55. The third-order valence-corrected chi connectivity index (χ3v) is 2.30. The molecule has 1 unspecified atom stereocenters. The average Bonchev–Trinajstić information content (AvgIpc) is 2.75. The van der Waals surface area contributed by atoms with Crippen LogP contribution in [0.1, 0.15) is 0 Å². The largest absolute Gasteiger partial charge is 0.348 e. The molecule has 0 N–H and O–H groups in total. The van der Waals surface area contributed by atoms with Gasteiger partial charge in [0.1, 0.15) is 32.3 Å². The molecule has 0 aromatic heterocycles. The average molecular weight is 281 g/mol. The van der Waals surface area contributed by atoms with Gasteiger partial charge in [-0.05, 0) is 0 Å². The number of nitrogens with zero attached hydrogens (tertiary/aromatic N) is 5. The van der Waals surface area contributed by atoms with Crippen LogP contribution in [0.4, 0.5) is 0 Å². The molecule has 0 aliphatic carbocycles. The monoisotopic (exact) mass is 281 g/mol. The van der Waals surface area contributed by atoms with Crippen molar-refractivity contribution < 1.29 is 24.7 Å². The molecule has 0 amide bonds. The standard InChI is InChI=1S/C6H11N5O8/c12-9(13)7(1-2-19-11(16)17)3-6-4-8(5-18-6)10(14)15/h6H,1-5H2. The molecular formula is C6H11N5O8. The van der Waals surface area contributed by atoms with Gasteiger partial charge in [-0.1, -0.05) is 0 Å². The van der Waals surface area contributed by atoms with Gasteiger partial charge in [-0.25, -0.2) is 20.2 Å². The highest BCUT2D eigenvalue weighted by atomic mass is 16.9. The second-order valence-electron chi connectivity index (χ2n) is 3.55. The van der Waals surface area contributed by atoms with E-state index in [1.54, 1.807) is 0 Å². The molecule has 0 radical (unpaired) electrons. The van der Waals surface area contributed by atoms with E-state index in [9.17, 15) is 30.3 Å². The Hall–Kier alpha value is -2.44. The van der Waals surface area contributed by atoms with Gasteiger partial charge in [-0.15, -0.1) is 20.1 Å². The van der Waals surface area contributed by atoms with Gasteiger partial charge in [0.15, 0.2) is 16.8 Å². The first-order chi connectivity index (χ1) is 8.90. The van der Waals surface area contributed by atoms with E-state index in [1.165, 1.54) is 0 Å². The summed E-state index contributed by atoms with van der Waals surface area (Å²) in [5.74, 6) is 0. The zero-order chi connectivity index (χ0) is 14.4. The Kier molecular flexibility index (Phi) is 4.99. The van der Waals surface area contributed by atoms with E-state index in [0.717, 1.165) is 5.01 Å². The highest BCUT2D eigenvalue weighted by molar-refractivity contribution is 4.68. The van der Waals surface area contributed by atoms with Crippen molar-refractivity contribution in [2.75, 3.05) is 33.0 Å². The van der Waals surface area contributed by atoms with Crippen molar-refractivity contribution in [3.63, 3.8) is 0 Å². The third-order valence-electron chi connectivity index (χ3n) is 2.30. The minimum Gasteiger partial charge on any atom is -0.348 e. The smallest absolute Gasteiger partial charge is 0.294 e. The molecule has 0 aromatic rings. The van der Waals surface area contributed by atoms with Crippen LogP contribution in [0.15, 0.2) is 0 Å². The molecule has 13 heteroatoms. The Morgan fingerprint density at radius 2 is 2.00 bits per heavy atom. The van der Waals surface area contributed by atoms with Crippen LogP contribution in [-0.2, 0) is 9.57 Å². The lowest BCUT2D eigenvalue weighted by Gasteiger charge is -2.16. The molecule has 0 spiro atoms. The number of hydrogen-bond donors (Lipinski definition) is 0. The maximum atomic E-state index is 10.7. The van der Waals surface area contributed by atoms with E-state index in [-0.39, 0.29) is 26.4 Å². The van der Waals surface area contributed by atoms with E-state index < -0.39 is 27.9 Å². The fourth-order valence-corrected chi connectivity index (χ4v) is 1.45. The molecule has 0 aromatic carbocycles. The van der Waals surface area contributed by atoms with Crippen LogP contribution < -0.4 is 0 Å². The summed E-state index contributed by atoms with van der Waals surface area (Å²) in [6.45, 7) is -1.37. The lowest BCUT2D eigenvalue weighted by Crippen LogP contribution is -2.41. The topological polar surface area (TPSA) is 154 Å². The van der Waals surface area contributed by atoms with Crippen LogP contribution >= 0.6 is 0 Å². The fraction of sp³-hybridized carbons (Fsp3) is 1.00. The molecule has 0 saturated carbocycles. The maximum Gasteiger partial charge on any atom is 0.294 e. The Morgan fingerprint density at radius 1 is 1.32 bits per heavy atom. The molecular weight excluding hydrogens is 270 g/mol. The van der Waals surface area contributed by atoms with E-state index in [2.05, 4.69) is 4.84 Å². The first-order valence-corrected chi connectivity index (χ1v) is 5.07. The lowest BCUT2D eigenvalue weighted by molar-refractivity contribution is -0.761. The zero-order valence-electron chi connectivity index (χ0n) is 9.61. The van der Waals surface area contributed by atoms with Crippen molar-refractivity contribution >= 4 is 0 Å². The Balaban J connectivity index is 2.39. The van der Waals surface area contributed by atoms with Crippen molar-refractivity contribution in [2.45, 2.75) is 6.10 Å². The summed E-state index contributed by atoms with van der Waals surface area (Å²) in [6, 6.07) is 0. The molecule has 1 saturated heterocycles. The van der Waals surface area contributed by atoms with Crippen molar-refractivity contribution in [1.82, 2.24) is 10.0 Å². The highest BCUT2D eigenvalue weighted by Gasteiger charge is 2.33. The quantitative estimate of drug-likeness (QED) is 0.380. The number of rotatable bonds is 8. The molecule has 1 rings (SSSR count). The minimum absolute atomic E-state index is 0.0898. The Bertz CT molecular complexity index is 364. The summed E-state index contributed by atoms with van der Waals surface area (Å²) in [4.78, 5) is 35.0. The van der Waals surface area contributed by atoms with Gasteiger partial charge in [-0.2, -0.15) is 0 Å². The van der Waals surface area contributed by atoms with Gasteiger partial charge < -0.3 is 9.57 Å². The van der Waals surface area contributed by atoms with Crippen LogP contribution in [0, 0.1) is 30.3 Å². The van der Waals surface area contributed by atoms with Crippen LogP contribution in [0.5, 0.6) is 0 Å². The SMILES string of the molecule is O=[N+]([O-])OCCN(CC1CN([N+](=O)[O-])CO1)[N+](=O)[O-]. The summed E-state index contributed by atoms with van der Waals surface area (Å²) in [5.41, 5.74) is 0. The minimum atomic E-state index is -1.06. The van der Waals surface area contributed by atoms with Gasteiger partial charge >= 0.3 is 0 Å². The Morgan fingerprint density at radius 3 is 2.47 bits per heavy atom. The van der Waals surface area contributed by atoms with Crippen molar-refractivity contribution in [3.05, 3.63) is 30.3 Å². The number of hydrogen-bond acceptors (Lipinski definition) is 8. The van der Waals surface area contributed by atoms with Crippen molar-refractivity contribution in [1.29, 1.82) is 0 Å². The molecule has 1 aliphatic rings. The second kappa shape index (κ2) is 6.48. The normalized spacial score (nSPS) is 18.1. The van der Waals surface area contributed by atoms with Crippen LogP contribution in [0.25, 0.3) is 0 Å². The van der Waals surface area contributed by atoms with E-state index in [0.29, 0.717) is 5.01 Å². The maximum absolute atomic E-state index is 10.7. The predicted molar refractivity (Wildman–Crippen MR) is 55.0 cm³/mol. The third kappa shape index (κ3) is 4.74. The van der Waals surface area contributed by atoms with Crippen molar-refractivity contribution in [3.8, 4) is 0 Å². The van der Waals surface area contributed by atoms with E-state index in [1.807, 2.05) is 0 Å². The summed E-state index contributed by atoms with van der Waals surface area (Å²) < 4.78 is 5.00. The molecule has 1 aliphatic heterocycles. The number of hydrazine groups is 2. The van der Waals surface area contributed by atoms with Gasteiger partial charge in [-0.3, -0.25) is 0 Å². The number of nitro groups is 2. The molecule has 1 heterocycles. The molecule has 108 valence electrons. The molecule has 19 heavy (non-hydrogen) atoms. The molecule has 13 nitrogen and oxygen atoms in total. The highest BCUT2D eigenvalue weighted by Crippen LogP contribution is 2.09. The number of ether oxygens (including phenoxy) is 1. The molecule has 1 atom stereocenters. The van der Waals surface area contributed by atoms with E-state index >= 15 is 0 Å². The zero-order valence-corrected chi connectivity index (χ0v) is 9.61. The first-order valence-electron chi connectivity index (χ1n) is 5.07. The van der Waals surface area contributed by atoms with Crippen LogP contribution in [0.2, 0.25) is 0 Å². The van der Waals surface area contributed by atoms with Gasteiger partial charge in [0.25, 0.3) is 5.09 Å². The summed E-state index contributed by atoms with van der Waals surface area (Å²) in [6.07, 6.45) is -0.716. The van der Waals surface area contributed by atoms with Gasteiger partial charge in [0, 0.05) is 0 Å². The van der Waals surface area contributed by atoms with Crippen LogP contribution in [-0.4, -0.2) is 64.2 Å². The molecule has 0 bridgehead atoms. The van der Waals surface area contributed by atoms with Gasteiger partial charge in [0.2, 0.25) is 0 Å². The van der Waals surface area contributed by atoms with Crippen LogP contribution in [0.3, 0.4) is 0 Å². The van der Waals surface area contributed by atoms with Gasteiger partial charge in [0.05, 0.1) is 0 Å². The lowest BCUT2D eigenvalue weighted by atomic mass is 10.3. The summed E-state index contributed by atoms with van der Waals surface area (Å²) in [7, 11) is 0.